The van der Waals surface area contributed by atoms with Crippen LogP contribution in [-0.2, 0) is 17.8 Å². The van der Waals surface area contributed by atoms with E-state index in [1.165, 1.54) is 49.2 Å². The number of hydrogen-bond acceptors (Lipinski definition) is 4. The first kappa shape index (κ1) is 20.1. The fraction of sp³-hybridized carbons (Fsp3) is 0.700. The number of amides is 1. The monoisotopic (exact) mass is 391 g/mol. The predicted octanol–water partition coefficient (Wildman–Crippen LogP) is 2.06. The molecule has 1 amide bonds. The molecule has 1 aromatic heterocycles. The Hall–Kier alpha value is -1.60. The van der Waals surface area contributed by atoms with E-state index in [2.05, 4.69) is 32.0 Å². The Morgan fingerprint density at radius 2 is 2.00 bits per heavy atom. The molecular formula is C20H33N5OS. The number of aliphatic imine (C=N–C) groups is 1. The summed E-state index contributed by atoms with van der Waals surface area (Å²) in [5.74, 6) is 0.854. The van der Waals surface area contributed by atoms with Gasteiger partial charge in [0.05, 0.1) is 6.54 Å². The highest BCUT2D eigenvalue weighted by atomic mass is 32.1. The van der Waals surface area contributed by atoms with Crippen molar-refractivity contribution in [2.45, 2.75) is 45.1 Å². The molecule has 0 spiro atoms. The molecule has 7 heteroatoms. The van der Waals surface area contributed by atoms with Crippen LogP contribution in [0.5, 0.6) is 0 Å². The first-order chi connectivity index (χ1) is 13.3. The van der Waals surface area contributed by atoms with Crippen molar-refractivity contribution in [1.82, 2.24) is 20.4 Å². The van der Waals surface area contributed by atoms with E-state index in [1.54, 1.807) is 18.4 Å². The van der Waals surface area contributed by atoms with Crippen LogP contribution in [0.25, 0.3) is 0 Å². The smallest absolute Gasteiger partial charge is 0.242 e. The summed E-state index contributed by atoms with van der Waals surface area (Å²) >= 11 is 1.80. The van der Waals surface area contributed by atoms with E-state index >= 15 is 0 Å². The minimum atomic E-state index is 0.138. The summed E-state index contributed by atoms with van der Waals surface area (Å²) < 4.78 is 0. The lowest BCUT2D eigenvalue weighted by Crippen LogP contribution is -2.46. The Labute approximate surface area is 167 Å². The summed E-state index contributed by atoms with van der Waals surface area (Å²) in [5, 5.41) is 8.63. The summed E-state index contributed by atoms with van der Waals surface area (Å²) in [7, 11) is 1.76. The average molecular weight is 392 g/mol. The van der Waals surface area contributed by atoms with Crippen LogP contribution in [0, 0.1) is 0 Å². The van der Waals surface area contributed by atoms with E-state index in [-0.39, 0.29) is 5.91 Å². The van der Waals surface area contributed by atoms with Crippen LogP contribution in [0.1, 0.15) is 42.5 Å². The number of carbonyl (C=O) groups excluding carboxylic acids is 1. The third-order valence-corrected chi connectivity index (χ3v) is 6.46. The summed E-state index contributed by atoms with van der Waals surface area (Å²) in [6.45, 7) is 6.35. The Balaban J connectivity index is 1.32. The molecule has 2 N–H and O–H groups in total. The van der Waals surface area contributed by atoms with E-state index in [4.69, 9.17) is 0 Å². The molecule has 2 aliphatic rings. The van der Waals surface area contributed by atoms with Crippen molar-refractivity contribution in [3.05, 3.63) is 21.9 Å². The van der Waals surface area contributed by atoms with E-state index < -0.39 is 0 Å². The zero-order valence-electron chi connectivity index (χ0n) is 16.5. The lowest BCUT2D eigenvalue weighted by atomic mass is 10.1. The second-order valence-corrected chi connectivity index (χ2v) is 8.40. The van der Waals surface area contributed by atoms with Crippen molar-refractivity contribution in [3.8, 4) is 0 Å². The van der Waals surface area contributed by atoms with E-state index in [0.717, 1.165) is 39.0 Å². The maximum Gasteiger partial charge on any atom is 0.242 e. The van der Waals surface area contributed by atoms with Gasteiger partial charge in [0.15, 0.2) is 5.96 Å². The van der Waals surface area contributed by atoms with Gasteiger partial charge in [-0.05, 0) is 62.3 Å². The van der Waals surface area contributed by atoms with Crippen LogP contribution < -0.4 is 10.6 Å². The molecule has 3 rings (SSSR count). The lowest BCUT2D eigenvalue weighted by molar-refractivity contribution is -0.130. The van der Waals surface area contributed by atoms with Gasteiger partial charge < -0.3 is 20.4 Å². The number of nitrogens with one attached hydrogen (secondary N) is 2. The van der Waals surface area contributed by atoms with Crippen LogP contribution in [0.2, 0.25) is 0 Å². The predicted molar refractivity (Wildman–Crippen MR) is 112 cm³/mol. The fourth-order valence-corrected chi connectivity index (χ4v) is 4.71. The largest absolute Gasteiger partial charge is 0.356 e. The molecule has 0 unspecified atom stereocenters. The molecule has 0 aromatic carbocycles. The number of guanidine groups is 1. The molecule has 0 bridgehead atoms. The summed E-state index contributed by atoms with van der Waals surface area (Å²) in [6.07, 6.45) is 7.50. The molecule has 1 saturated heterocycles. The number of fused-ring (bicyclic) bond motifs is 1. The molecule has 0 aliphatic carbocycles. The molecule has 0 saturated carbocycles. The Morgan fingerprint density at radius 1 is 1.19 bits per heavy atom. The summed E-state index contributed by atoms with van der Waals surface area (Å²) in [5.41, 5.74) is 1.30. The quantitative estimate of drug-likeness (QED) is 0.443. The summed E-state index contributed by atoms with van der Waals surface area (Å²) in [4.78, 5) is 22.7. The van der Waals surface area contributed by atoms with Crippen molar-refractivity contribution in [2.75, 3.05) is 46.3 Å². The molecule has 27 heavy (non-hydrogen) atoms. The number of likely N-dealkylation sites (tertiary alicyclic amines) is 1. The number of nitrogens with zero attached hydrogens (tertiary/aromatic N) is 3. The Kier molecular flexibility index (Phi) is 7.95. The molecular weight excluding hydrogens is 358 g/mol. The number of carbonyl (C=O) groups is 1. The van der Waals surface area contributed by atoms with Crippen LogP contribution in [0.15, 0.2) is 16.4 Å². The Bertz CT molecular complexity index is 622. The average Bonchev–Trinajstić information content (AvgIpc) is 3.01. The van der Waals surface area contributed by atoms with Gasteiger partial charge in [-0.25, -0.2) is 0 Å². The standard InChI is InChI=1S/C20H33N5OS/c1-21-20(22-9-6-12-24-10-4-2-3-5-11-24)23-15-19(26)25-13-7-18-17(16-25)8-14-27-18/h8,14H,2-7,9-13,15-16H2,1H3,(H2,21,22,23). The van der Waals surface area contributed by atoms with Gasteiger partial charge in [0.25, 0.3) is 0 Å². The van der Waals surface area contributed by atoms with Crippen molar-refractivity contribution < 1.29 is 4.79 Å². The van der Waals surface area contributed by atoms with E-state index in [9.17, 15) is 4.79 Å². The van der Waals surface area contributed by atoms with Gasteiger partial charge in [0, 0.05) is 31.6 Å². The Morgan fingerprint density at radius 3 is 2.78 bits per heavy atom. The first-order valence-corrected chi connectivity index (χ1v) is 11.1. The maximum absolute atomic E-state index is 12.5. The van der Waals surface area contributed by atoms with Crippen molar-refractivity contribution in [2.24, 2.45) is 4.99 Å². The third kappa shape index (κ3) is 6.21. The third-order valence-electron chi connectivity index (χ3n) is 5.43. The zero-order valence-corrected chi connectivity index (χ0v) is 17.3. The topological polar surface area (TPSA) is 60.0 Å². The van der Waals surface area contributed by atoms with Crippen LogP contribution in [0.3, 0.4) is 0 Å². The van der Waals surface area contributed by atoms with Gasteiger partial charge in [-0.3, -0.25) is 9.79 Å². The highest BCUT2D eigenvalue weighted by molar-refractivity contribution is 7.10. The molecule has 0 radical (unpaired) electrons. The van der Waals surface area contributed by atoms with Gasteiger partial charge in [0.1, 0.15) is 0 Å². The highest BCUT2D eigenvalue weighted by Gasteiger charge is 2.21. The number of rotatable bonds is 6. The molecule has 1 aromatic rings. The van der Waals surface area contributed by atoms with Gasteiger partial charge in [-0.2, -0.15) is 0 Å². The zero-order chi connectivity index (χ0) is 18.9. The minimum absolute atomic E-state index is 0.138. The van der Waals surface area contributed by atoms with Crippen molar-refractivity contribution >= 4 is 23.2 Å². The first-order valence-electron chi connectivity index (χ1n) is 10.3. The SMILES string of the molecule is CN=C(NCCCN1CCCCCC1)NCC(=O)N1CCc2sccc2C1. The van der Waals surface area contributed by atoms with Gasteiger partial charge in [-0.1, -0.05) is 12.8 Å². The van der Waals surface area contributed by atoms with E-state index in [1.807, 2.05) is 4.90 Å². The fourth-order valence-electron chi connectivity index (χ4n) is 3.82. The lowest BCUT2D eigenvalue weighted by Gasteiger charge is -2.27. The molecule has 6 nitrogen and oxygen atoms in total. The van der Waals surface area contributed by atoms with Crippen molar-refractivity contribution in [3.63, 3.8) is 0 Å². The van der Waals surface area contributed by atoms with Gasteiger partial charge >= 0.3 is 0 Å². The molecule has 3 heterocycles. The van der Waals surface area contributed by atoms with Crippen LogP contribution in [0.4, 0.5) is 0 Å². The highest BCUT2D eigenvalue weighted by Crippen LogP contribution is 2.23. The van der Waals surface area contributed by atoms with Gasteiger partial charge in [-0.15, -0.1) is 11.3 Å². The van der Waals surface area contributed by atoms with Gasteiger partial charge in [0.2, 0.25) is 5.91 Å². The normalized spacial score (nSPS) is 18.7. The van der Waals surface area contributed by atoms with E-state index in [0.29, 0.717) is 12.5 Å². The second-order valence-electron chi connectivity index (χ2n) is 7.40. The van der Waals surface area contributed by atoms with Crippen LogP contribution >= 0.6 is 11.3 Å². The molecule has 0 atom stereocenters. The molecule has 1 fully saturated rings. The maximum atomic E-state index is 12.5. The minimum Gasteiger partial charge on any atom is -0.356 e. The van der Waals surface area contributed by atoms with Crippen LogP contribution in [-0.4, -0.2) is 68.0 Å². The number of thiophene rings is 1. The summed E-state index contributed by atoms with van der Waals surface area (Å²) in [6, 6.07) is 2.14. The number of hydrogen-bond donors (Lipinski definition) is 2. The second kappa shape index (κ2) is 10.7. The molecule has 2 aliphatic heterocycles. The molecule has 150 valence electrons. The van der Waals surface area contributed by atoms with Crippen molar-refractivity contribution in [1.29, 1.82) is 0 Å².